The number of piperidine rings is 1. The van der Waals surface area contributed by atoms with Crippen LogP contribution in [0, 0.1) is 11.8 Å². The lowest BCUT2D eigenvalue weighted by molar-refractivity contribution is -0.132. The molecule has 0 radical (unpaired) electrons. The summed E-state index contributed by atoms with van der Waals surface area (Å²) in [7, 11) is 0. The van der Waals surface area contributed by atoms with E-state index >= 15 is 0 Å². The van der Waals surface area contributed by atoms with Crippen molar-refractivity contribution in [1.82, 2.24) is 10.2 Å². The van der Waals surface area contributed by atoms with Gasteiger partial charge in [0.25, 0.3) is 0 Å². The topological polar surface area (TPSA) is 32.3 Å². The lowest BCUT2D eigenvalue weighted by atomic mass is 9.89. The molecule has 3 nitrogen and oxygen atoms in total. The van der Waals surface area contributed by atoms with Gasteiger partial charge in [0.05, 0.1) is 0 Å². The summed E-state index contributed by atoms with van der Waals surface area (Å²) >= 11 is 0. The van der Waals surface area contributed by atoms with E-state index in [4.69, 9.17) is 0 Å². The van der Waals surface area contributed by atoms with Crippen molar-refractivity contribution < 1.29 is 4.79 Å². The van der Waals surface area contributed by atoms with Gasteiger partial charge in [0, 0.05) is 31.6 Å². The molecule has 2 aliphatic rings. The Hall–Kier alpha value is -0.280. The third kappa shape index (κ3) is 4.64. The Morgan fingerprint density at radius 1 is 1.26 bits per heavy atom. The first-order valence-corrected chi connectivity index (χ1v) is 7.62. The van der Waals surface area contributed by atoms with Crippen LogP contribution in [-0.4, -0.2) is 36.0 Å². The normalized spacial score (nSPS) is 29.2. The highest BCUT2D eigenvalue weighted by Crippen LogP contribution is 2.32. The summed E-state index contributed by atoms with van der Waals surface area (Å²) in [5, 5.41) is 3.64. The third-order valence-electron chi connectivity index (χ3n) is 4.35. The van der Waals surface area contributed by atoms with Crippen LogP contribution in [0.2, 0.25) is 0 Å². The highest BCUT2D eigenvalue weighted by molar-refractivity contribution is 5.85. The molecular formula is C15H29ClN2O. The summed E-state index contributed by atoms with van der Waals surface area (Å²) in [5.74, 6) is 1.56. The van der Waals surface area contributed by atoms with Crippen molar-refractivity contribution in [3.8, 4) is 0 Å². The minimum absolute atomic E-state index is 0. The fourth-order valence-corrected chi connectivity index (χ4v) is 3.57. The van der Waals surface area contributed by atoms with E-state index in [2.05, 4.69) is 26.1 Å². The lowest BCUT2D eigenvalue weighted by Gasteiger charge is -2.31. The van der Waals surface area contributed by atoms with Crippen LogP contribution in [0.4, 0.5) is 0 Å². The molecule has 0 spiro atoms. The van der Waals surface area contributed by atoms with Gasteiger partial charge in [-0.3, -0.25) is 4.79 Å². The van der Waals surface area contributed by atoms with E-state index < -0.39 is 0 Å². The number of hydrogen-bond donors (Lipinski definition) is 1. The van der Waals surface area contributed by atoms with Gasteiger partial charge in [0.1, 0.15) is 0 Å². The Bertz CT molecular complexity index is 284. The smallest absolute Gasteiger partial charge is 0.222 e. The van der Waals surface area contributed by atoms with Crippen molar-refractivity contribution in [2.45, 2.75) is 65.0 Å². The summed E-state index contributed by atoms with van der Waals surface area (Å²) in [6.45, 7) is 8.22. The van der Waals surface area contributed by atoms with E-state index in [0.717, 1.165) is 19.5 Å². The maximum Gasteiger partial charge on any atom is 0.222 e. The number of rotatable bonds is 5. The van der Waals surface area contributed by atoms with Gasteiger partial charge in [0.15, 0.2) is 0 Å². The number of fused-ring (bicyclic) bond motifs is 2. The first-order chi connectivity index (χ1) is 8.58. The van der Waals surface area contributed by atoms with Gasteiger partial charge in [-0.25, -0.2) is 0 Å². The summed E-state index contributed by atoms with van der Waals surface area (Å²) in [6.07, 6.45) is 5.83. The average Bonchev–Trinajstić information content (AvgIpc) is 2.65. The second-order valence-electron chi connectivity index (χ2n) is 6.51. The molecule has 1 N–H and O–H groups in total. The number of amides is 1. The summed E-state index contributed by atoms with van der Waals surface area (Å²) in [6, 6.07) is 1.39. The largest absolute Gasteiger partial charge is 0.343 e. The molecule has 2 aliphatic heterocycles. The summed E-state index contributed by atoms with van der Waals surface area (Å²) in [5.41, 5.74) is 0. The van der Waals surface area contributed by atoms with Crippen LogP contribution in [0.15, 0.2) is 0 Å². The molecule has 2 bridgehead atoms. The molecule has 1 amide bonds. The molecule has 19 heavy (non-hydrogen) atoms. The van der Waals surface area contributed by atoms with E-state index in [0.29, 0.717) is 29.8 Å². The minimum Gasteiger partial charge on any atom is -0.343 e. The molecule has 0 saturated carbocycles. The van der Waals surface area contributed by atoms with Crippen molar-refractivity contribution in [2.75, 3.05) is 13.1 Å². The predicted octanol–water partition coefficient (Wildman–Crippen LogP) is 2.83. The zero-order valence-corrected chi connectivity index (χ0v) is 13.3. The molecule has 2 heterocycles. The quantitative estimate of drug-likeness (QED) is 0.844. The molecule has 2 rings (SSSR count). The van der Waals surface area contributed by atoms with Crippen LogP contribution in [0.5, 0.6) is 0 Å². The molecule has 2 atom stereocenters. The number of halogens is 1. The van der Waals surface area contributed by atoms with Crippen molar-refractivity contribution in [3.05, 3.63) is 0 Å². The first-order valence-electron chi connectivity index (χ1n) is 7.62. The van der Waals surface area contributed by atoms with Crippen molar-refractivity contribution >= 4 is 18.3 Å². The Morgan fingerprint density at radius 2 is 1.84 bits per heavy atom. The number of carbonyl (C=O) groups is 1. The number of hydrogen-bond acceptors (Lipinski definition) is 2. The SMILES string of the molecule is CCN(CC(C)C)C(=O)CC1CC2CCC(C1)N2.Cl. The zero-order valence-electron chi connectivity index (χ0n) is 12.5. The minimum atomic E-state index is 0. The highest BCUT2D eigenvalue weighted by atomic mass is 35.5. The van der Waals surface area contributed by atoms with Crippen LogP contribution in [0.1, 0.15) is 52.9 Å². The van der Waals surface area contributed by atoms with E-state index in [1.165, 1.54) is 25.7 Å². The standard InChI is InChI=1S/C15H28N2O.ClH/c1-4-17(10-11(2)3)15(18)9-12-7-13-5-6-14(8-12)16-13;/h11-14,16H,4-10H2,1-3H3;1H. The molecule has 112 valence electrons. The number of nitrogens with zero attached hydrogens (tertiary/aromatic N) is 1. The van der Waals surface area contributed by atoms with Crippen LogP contribution in [-0.2, 0) is 4.79 Å². The van der Waals surface area contributed by atoms with Crippen LogP contribution in [0.25, 0.3) is 0 Å². The van der Waals surface area contributed by atoms with Crippen LogP contribution >= 0.6 is 12.4 Å². The summed E-state index contributed by atoms with van der Waals surface area (Å²) < 4.78 is 0. The van der Waals surface area contributed by atoms with Crippen molar-refractivity contribution in [2.24, 2.45) is 11.8 Å². The van der Waals surface area contributed by atoms with E-state index in [9.17, 15) is 4.79 Å². The fourth-order valence-electron chi connectivity index (χ4n) is 3.57. The second-order valence-corrected chi connectivity index (χ2v) is 6.51. The zero-order chi connectivity index (χ0) is 13.1. The fraction of sp³-hybridized carbons (Fsp3) is 0.933. The predicted molar refractivity (Wildman–Crippen MR) is 81.6 cm³/mol. The van der Waals surface area contributed by atoms with Gasteiger partial charge in [-0.2, -0.15) is 0 Å². The number of carbonyl (C=O) groups excluding carboxylic acids is 1. The lowest BCUT2D eigenvalue weighted by Crippen LogP contribution is -2.41. The molecule has 0 aromatic rings. The summed E-state index contributed by atoms with van der Waals surface area (Å²) in [4.78, 5) is 14.4. The molecule has 2 unspecified atom stereocenters. The Morgan fingerprint density at radius 3 is 2.32 bits per heavy atom. The Labute approximate surface area is 123 Å². The number of nitrogens with one attached hydrogen (secondary N) is 1. The average molecular weight is 289 g/mol. The molecule has 4 heteroatoms. The van der Waals surface area contributed by atoms with Crippen LogP contribution < -0.4 is 5.32 Å². The monoisotopic (exact) mass is 288 g/mol. The molecule has 2 saturated heterocycles. The van der Waals surface area contributed by atoms with Gasteiger partial charge in [0.2, 0.25) is 5.91 Å². The van der Waals surface area contributed by atoms with Crippen molar-refractivity contribution in [3.63, 3.8) is 0 Å². The highest BCUT2D eigenvalue weighted by Gasteiger charge is 2.34. The van der Waals surface area contributed by atoms with Gasteiger partial charge in [-0.1, -0.05) is 13.8 Å². The Balaban J connectivity index is 0.00000180. The van der Waals surface area contributed by atoms with E-state index in [-0.39, 0.29) is 12.4 Å². The van der Waals surface area contributed by atoms with Gasteiger partial charge >= 0.3 is 0 Å². The Kier molecular flexibility index (Phi) is 6.61. The molecular weight excluding hydrogens is 260 g/mol. The van der Waals surface area contributed by atoms with E-state index in [1.807, 2.05) is 4.90 Å². The van der Waals surface area contributed by atoms with Gasteiger partial charge < -0.3 is 10.2 Å². The maximum atomic E-state index is 12.3. The van der Waals surface area contributed by atoms with Crippen molar-refractivity contribution in [1.29, 1.82) is 0 Å². The molecule has 2 fully saturated rings. The maximum absolute atomic E-state index is 12.3. The molecule has 0 aromatic carbocycles. The van der Waals surface area contributed by atoms with Gasteiger partial charge in [-0.15, -0.1) is 12.4 Å². The van der Waals surface area contributed by atoms with Crippen LogP contribution in [0.3, 0.4) is 0 Å². The molecule has 0 aliphatic carbocycles. The molecule has 0 aromatic heterocycles. The van der Waals surface area contributed by atoms with Gasteiger partial charge in [-0.05, 0) is 44.4 Å². The third-order valence-corrected chi connectivity index (χ3v) is 4.35. The van der Waals surface area contributed by atoms with E-state index in [1.54, 1.807) is 0 Å². The second kappa shape index (κ2) is 7.49. The first kappa shape index (κ1) is 16.8.